The van der Waals surface area contributed by atoms with E-state index in [2.05, 4.69) is 25.9 Å². The van der Waals surface area contributed by atoms with E-state index < -0.39 is 5.97 Å². The second-order valence-corrected chi connectivity index (χ2v) is 2.88. The van der Waals surface area contributed by atoms with Gasteiger partial charge in [-0.2, -0.15) is 0 Å². The summed E-state index contributed by atoms with van der Waals surface area (Å²) in [5.41, 5.74) is -0.0931. The highest BCUT2D eigenvalue weighted by Gasteiger charge is 2.07. The van der Waals surface area contributed by atoms with Gasteiger partial charge in [-0.1, -0.05) is 27.5 Å². The number of aromatic carboxylic acids is 1. The second-order valence-electron chi connectivity index (χ2n) is 1.93. The summed E-state index contributed by atoms with van der Waals surface area (Å²) in [5, 5.41) is 9.08. The number of halogens is 2. The summed E-state index contributed by atoms with van der Waals surface area (Å²) in [6.07, 6.45) is 0. The van der Waals surface area contributed by atoms with Crippen molar-refractivity contribution in [2.75, 3.05) is 0 Å². The topological polar surface area (TPSA) is 63.1 Å². The Labute approximate surface area is 81.7 Å². The summed E-state index contributed by atoms with van der Waals surface area (Å²) < 4.78 is 0. The molecule has 0 aromatic carbocycles. The smallest absolute Gasteiger partial charge is 0.354 e. The summed E-state index contributed by atoms with van der Waals surface area (Å²) >= 11 is 8.64. The molecule has 0 aliphatic rings. The average Bonchev–Trinajstić information content (AvgIpc) is 2.03. The van der Waals surface area contributed by atoms with E-state index in [9.17, 15) is 4.79 Å². The molecule has 0 spiro atoms. The van der Waals surface area contributed by atoms with Crippen LogP contribution >= 0.6 is 27.5 Å². The van der Waals surface area contributed by atoms with Crippen LogP contribution in [0.3, 0.4) is 0 Å². The molecule has 0 bridgehead atoms. The van der Waals surface area contributed by atoms with E-state index in [-0.39, 0.29) is 10.8 Å². The van der Waals surface area contributed by atoms with Crippen molar-refractivity contribution in [1.29, 1.82) is 0 Å². The van der Waals surface area contributed by atoms with Crippen LogP contribution in [0.15, 0.2) is 6.07 Å². The normalized spacial score (nSPS) is 9.83. The van der Waals surface area contributed by atoms with Crippen molar-refractivity contribution in [3.8, 4) is 0 Å². The van der Waals surface area contributed by atoms with Gasteiger partial charge in [-0.25, -0.2) is 14.8 Å². The number of carbonyl (C=O) groups is 1. The Morgan fingerprint density at radius 1 is 1.67 bits per heavy atom. The molecular weight excluding hydrogens is 247 g/mol. The molecule has 0 atom stereocenters. The van der Waals surface area contributed by atoms with Crippen molar-refractivity contribution in [3.63, 3.8) is 0 Å². The van der Waals surface area contributed by atoms with E-state index in [1.807, 2.05) is 0 Å². The molecule has 4 nitrogen and oxygen atoms in total. The predicted molar refractivity (Wildman–Crippen MR) is 46.6 cm³/mol. The Hall–Kier alpha value is -0.680. The molecule has 1 N–H and O–H groups in total. The van der Waals surface area contributed by atoms with Crippen molar-refractivity contribution in [3.05, 3.63) is 22.7 Å². The first-order chi connectivity index (χ1) is 5.63. The molecule has 0 unspecified atom stereocenters. The third-order valence-corrected chi connectivity index (χ3v) is 1.77. The Kier molecular flexibility index (Phi) is 2.99. The van der Waals surface area contributed by atoms with Crippen molar-refractivity contribution in [1.82, 2.24) is 9.97 Å². The zero-order chi connectivity index (χ0) is 9.14. The number of carboxylic acids is 1. The first-order valence-corrected chi connectivity index (χ1v) is 4.46. The molecule has 0 fully saturated rings. The molecule has 1 aromatic rings. The SMILES string of the molecule is O=C(O)c1cc(Cl)nc(CBr)n1. The lowest BCUT2D eigenvalue weighted by molar-refractivity contribution is 0.0690. The molecule has 12 heavy (non-hydrogen) atoms. The highest BCUT2D eigenvalue weighted by Crippen LogP contribution is 2.09. The van der Waals surface area contributed by atoms with E-state index in [0.29, 0.717) is 11.2 Å². The van der Waals surface area contributed by atoms with Crippen LogP contribution in [0.5, 0.6) is 0 Å². The minimum atomic E-state index is -1.11. The second kappa shape index (κ2) is 3.82. The Morgan fingerprint density at radius 3 is 2.83 bits per heavy atom. The van der Waals surface area contributed by atoms with Crippen LogP contribution in [0.2, 0.25) is 5.15 Å². The first-order valence-electron chi connectivity index (χ1n) is 2.96. The van der Waals surface area contributed by atoms with Crippen molar-refractivity contribution in [2.45, 2.75) is 5.33 Å². The molecule has 0 aliphatic carbocycles. The van der Waals surface area contributed by atoms with Gasteiger partial charge < -0.3 is 5.11 Å². The lowest BCUT2D eigenvalue weighted by Crippen LogP contribution is -2.04. The van der Waals surface area contributed by atoms with E-state index >= 15 is 0 Å². The Morgan fingerprint density at radius 2 is 2.33 bits per heavy atom. The summed E-state index contributed by atoms with van der Waals surface area (Å²) in [7, 11) is 0. The van der Waals surface area contributed by atoms with E-state index in [1.54, 1.807) is 0 Å². The summed E-state index contributed by atoms with van der Waals surface area (Å²) in [5.74, 6) is -0.749. The summed E-state index contributed by atoms with van der Waals surface area (Å²) in [6.45, 7) is 0. The standard InChI is InChI=1S/C6H4BrClN2O2/c7-2-5-9-3(6(11)12)1-4(8)10-5/h1H,2H2,(H,11,12). The van der Waals surface area contributed by atoms with Crippen LogP contribution < -0.4 is 0 Å². The minimum absolute atomic E-state index is 0.0931. The maximum Gasteiger partial charge on any atom is 0.354 e. The molecule has 1 heterocycles. The van der Waals surface area contributed by atoms with E-state index in [4.69, 9.17) is 16.7 Å². The molecule has 64 valence electrons. The van der Waals surface area contributed by atoms with Crippen LogP contribution in [0.4, 0.5) is 0 Å². The van der Waals surface area contributed by atoms with Crippen molar-refractivity contribution >= 4 is 33.5 Å². The van der Waals surface area contributed by atoms with Crippen molar-refractivity contribution < 1.29 is 9.90 Å². The van der Waals surface area contributed by atoms with Gasteiger partial charge in [0.2, 0.25) is 0 Å². The Bertz CT molecular complexity index is 318. The van der Waals surface area contributed by atoms with Gasteiger partial charge in [-0.15, -0.1) is 0 Å². The van der Waals surface area contributed by atoms with Gasteiger partial charge in [0, 0.05) is 6.07 Å². The molecule has 1 aromatic heterocycles. The molecule has 0 amide bonds. The number of rotatable bonds is 2. The minimum Gasteiger partial charge on any atom is -0.477 e. The van der Waals surface area contributed by atoms with Crippen molar-refractivity contribution in [2.24, 2.45) is 0 Å². The fourth-order valence-electron chi connectivity index (χ4n) is 0.634. The molecule has 0 saturated heterocycles. The molecule has 0 saturated carbocycles. The lowest BCUT2D eigenvalue weighted by Gasteiger charge is -1.97. The van der Waals surface area contributed by atoms with Gasteiger partial charge in [-0.05, 0) is 0 Å². The number of hydrogen-bond donors (Lipinski definition) is 1. The maximum atomic E-state index is 10.5. The zero-order valence-electron chi connectivity index (χ0n) is 5.79. The number of carboxylic acid groups (broad SMARTS) is 1. The highest BCUT2D eigenvalue weighted by atomic mass is 79.9. The van der Waals surface area contributed by atoms with Gasteiger partial charge in [-0.3, -0.25) is 0 Å². The zero-order valence-corrected chi connectivity index (χ0v) is 8.13. The van der Waals surface area contributed by atoms with Gasteiger partial charge in [0.15, 0.2) is 5.69 Å². The molecule has 0 aliphatic heterocycles. The van der Waals surface area contributed by atoms with Gasteiger partial charge >= 0.3 is 5.97 Å². The number of alkyl halides is 1. The Balaban J connectivity index is 3.15. The van der Waals surface area contributed by atoms with Crippen LogP contribution in [0, 0.1) is 0 Å². The predicted octanol–water partition coefficient (Wildman–Crippen LogP) is 1.72. The summed E-state index contributed by atoms with van der Waals surface area (Å²) in [4.78, 5) is 17.9. The fourth-order valence-corrected chi connectivity index (χ4v) is 1.09. The van der Waals surface area contributed by atoms with E-state index in [1.165, 1.54) is 6.07 Å². The molecule has 0 radical (unpaired) electrons. The largest absolute Gasteiger partial charge is 0.477 e. The lowest BCUT2D eigenvalue weighted by atomic mass is 10.4. The third kappa shape index (κ3) is 2.15. The van der Waals surface area contributed by atoms with Crippen LogP contribution in [0.25, 0.3) is 0 Å². The fraction of sp³-hybridized carbons (Fsp3) is 0.167. The van der Waals surface area contributed by atoms with Gasteiger partial charge in [0.25, 0.3) is 0 Å². The van der Waals surface area contributed by atoms with Crippen LogP contribution in [-0.4, -0.2) is 21.0 Å². The quantitative estimate of drug-likeness (QED) is 0.642. The molecule has 1 rings (SSSR count). The molecule has 6 heteroatoms. The monoisotopic (exact) mass is 250 g/mol. The third-order valence-electron chi connectivity index (χ3n) is 1.08. The summed E-state index contributed by atoms with van der Waals surface area (Å²) in [6, 6.07) is 1.20. The van der Waals surface area contributed by atoms with Crippen LogP contribution in [-0.2, 0) is 5.33 Å². The number of aromatic nitrogens is 2. The van der Waals surface area contributed by atoms with E-state index in [0.717, 1.165) is 0 Å². The van der Waals surface area contributed by atoms with Gasteiger partial charge in [0.1, 0.15) is 11.0 Å². The molecular formula is C6H4BrClN2O2. The van der Waals surface area contributed by atoms with Gasteiger partial charge in [0.05, 0.1) is 5.33 Å². The maximum absolute atomic E-state index is 10.5. The van der Waals surface area contributed by atoms with Crippen LogP contribution in [0.1, 0.15) is 16.3 Å². The number of hydrogen-bond acceptors (Lipinski definition) is 3. The average molecular weight is 251 g/mol. The highest BCUT2D eigenvalue weighted by molar-refractivity contribution is 9.08. The number of nitrogens with zero attached hydrogens (tertiary/aromatic N) is 2. The first kappa shape index (κ1) is 9.41.